The molecule has 0 saturated carbocycles. The van der Waals surface area contributed by atoms with Crippen LogP contribution in [0.4, 0.5) is 11.4 Å². The monoisotopic (exact) mass is 397 g/mol. The molecule has 1 unspecified atom stereocenters. The number of carboxylic acids is 1. The first-order valence-electron chi connectivity index (χ1n) is 9.74. The Labute approximate surface area is 170 Å². The fourth-order valence-electron chi connectivity index (χ4n) is 3.49. The zero-order chi connectivity index (χ0) is 20.6. The van der Waals surface area contributed by atoms with Gasteiger partial charge in [0, 0.05) is 56.6 Å². The summed E-state index contributed by atoms with van der Waals surface area (Å²) in [5.41, 5.74) is 1.77. The lowest BCUT2D eigenvalue weighted by Gasteiger charge is -2.37. The molecule has 29 heavy (non-hydrogen) atoms. The Morgan fingerprint density at radius 3 is 2.45 bits per heavy atom. The number of piperazine rings is 1. The van der Waals surface area contributed by atoms with E-state index in [2.05, 4.69) is 15.1 Å². The molecule has 1 aliphatic rings. The molecule has 7 nitrogen and oxygen atoms in total. The molecule has 1 atom stereocenters. The summed E-state index contributed by atoms with van der Waals surface area (Å²) in [5.74, 6) is -1.13. The average Bonchev–Trinajstić information content (AvgIpc) is 2.74. The van der Waals surface area contributed by atoms with Crippen molar-refractivity contribution >= 4 is 23.3 Å². The summed E-state index contributed by atoms with van der Waals surface area (Å²) in [7, 11) is 1.65. The van der Waals surface area contributed by atoms with Gasteiger partial charge in [-0.15, -0.1) is 0 Å². The number of rotatable bonds is 8. The predicted molar refractivity (Wildman–Crippen MR) is 112 cm³/mol. The van der Waals surface area contributed by atoms with Crippen molar-refractivity contribution in [2.75, 3.05) is 50.1 Å². The fraction of sp³-hybridized carbons (Fsp3) is 0.364. The molecule has 3 rings (SSSR count). The minimum atomic E-state index is -0.941. The van der Waals surface area contributed by atoms with Crippen LogP contribution in [0.1, 0.15) is 6.42 Å². The van der Waals surface area contributed by atoms with Gasteiger partial charge in [0.1, 0.15) is 5.75 Å². The molecule has 0 bridgehead atoms. The second kappa shape index (κ2) is 9.93. The molecule has 0 spiro atoms. The van der Waals surface area contributed by atoms with E-state index in [1.807, 2.05) is 42.5 Å². The summed E-state index contributed by atoms with van der Waals surface area (Å²) in [5, 5.41) is 12.3. The van der Waals surface area contributed by atoms with Crippen LogP contribution < -0.4 is 15.0 Å². The maximum atomic E-state index is 12.3. The van der Waals surface area contributed by atoms with Crippen molar-refractivity contribution in [3.8, 4) is 5.75 Å². The SMILES string of the molecule is COc1cccc(N2CCN(CC(CC(=O)Nc3ccccc3)C(=O)O)CC2)c1. The van der Waals surface area contributed by atoms with Crippen LogP contribution in [0.3, 0.4) is 0 Å². The number of carbonyl (C=O) groups is 2. The van der Waals surface area contributed by atoms with E-state index in [0.717, 1.165) is 37.6 Å². The van der Waals surface area contributed by atoms with E-state index in [1.165, 1.54) is 0 Å². The molecule has 1 amide bonds. The normalized spacial score (nSPS) is 15.6. The van der Waals surface area contributed by atoms with Gasteiger partial charge in [-0.25, -0.2) is 0 Å². The standard InChI is InChI=1S/C22H27N3O4/c1-29-20-9-5-8-19(15-20)25-12-10-24(11-13-25)16-17(22(27)28)14-21(26)23-18-6-3-2-4-7-18/h2-9,15,17H,10-14,16H2,1H3,(H,23,26)(H,27,28). The summed E-state index contributed by atoms with van der Waals surface area (Å²) >= 11 is 0. The second-order valence-electron chi connectivity index (χ2n) is 7.14. The van der Waals surface area contributed by atoms with Crippen LogP contribution in [-0.2, 0) is 9.59 Å². The minimum absolute atomic E-state index is 0.0413. The minimum Gasteiger partial charge on any atom is -0.497 e. The van der Waals surface area contributed by atoms with Gasteiger partial charge < -0.3 is 20.1 Å². The summed E-state index contributed by atoms with van der Waals surface area (Å²) in [6.07, 6.45) is -0.0413. The predicted octanol–water partition coefficient (Wildman–Crippen LogP) is 2.55. The summed E-state index contributed by atoms with van der Waals surface area (Å²) in [6.45, 7) is 3.47. The van der Waals surface area contributed by atoms with Gasteiger partial charge in [0.2, 0.25) is 5.91 Å². The molecule has 0 aromatic heterocycles. The number of para-hydroxylation sites is 1. The third-order valence-electron chi connectivity index (χ3n) is 5.11. The van der Waals surface area contributed by atoms with Gasteiger partial charge in [0.05, 0.1) is 13.0 Å². The van der Waals surface area contributed by atoms with Crippen molar-refractivity contribution in [2.45, 2.75) is 6.42 Å². The molecule has 1 saturated heterocycles. The number of nitrogens with zero attached hydrogens (tertiary/aromatic N) is 2. The highest BCUT2D eigenvalue weighted by Gasteiger charge is 2.26. The highest BCUT2D eigenvalue weighted by molar-refractivity contribution is 5.93. The summed E-state index contributed by atoms with van der Waals surface area (Å²) in [4.78, 5) is 28.3. The number of benzene rings is 2. The lowest BCUT2D eigenvalue weighted by atomic mass is 10.0. The maximum Gasteiger partial charge on any atom is 0.308 e. The second-order valence-corrected chi connectivity index (χ2v) is 7.14. The third-order valence-corrected chi connectivity index (χ3v) is 5.11. The van der Waals surface area contributed by atoms with Crippen LogP contribution in [0.25, 0.3) is 0 Å². The lowest BCUT2D eigenvalue weighted by Crippen LogP contribution is -2.48. The van der Waals surface area contributed by atoms with Crippen molar-refractivity contribution in [1.82, 2.24) is 4.90 Å². The number of carbonyl (C=O) groups excluding carboxylic acids is 1. The smallest absolute Gasteiger partial charge is 0.308 e. The zero-order valence-electron chi connectivity index (χ0n) is 16.6. The van der Waals surface area contributed by atoms with E-state index in [0.29, 0.717) is 12.2 Å². The Morgan fingerprint density at radius 1 is 1.07 bits per heavy atom. The first-order chi connectivity index (χ1) is 14.0. The molecule has 7 heteroatoms. The first-order valence-corrected chi connectivity index (χ1v) is 9.74. The van der Waals surface area contributed by atoms with Crippen LogP contribution in [-0.4, -0.2) is 61.7 Å². The number of anilines is 2. The first kappa shape index (κ1) is 20.7. The van der Waals surface area contributed by atoms with Gasteiger partial charge in [-0.05, 0) is 24.3 Å². The van der Waals surface area contributed by atoms with Crippen LogP contribution in [0.15, 0.2) is 54.6 Å². The molecule has 0 aliphatic carbocycles. The van der Waals surface area contributed by atoms with E-state index in [1.54, 1.807) is 19.2 Å². The summed E-state index contributed by atoms with van der Waals surface area (Å²) < 4.78 is 5.29. The van der Waals surface area contributed by atoms with Crippen LogP contribution >= 0.6 is 0 Å². The van der Waals surface area contributed by atoms with Crippen LogP contribution in [0.2, 0.25) is 0 Å². The molecule has 2 aromatic carbocycles. The van der Waals surface area contributed by atoms with Crippen molar-refractivity contribution < 1.29 is 19.4 Å². The quantitative estimate of drug-likeness (QED) is 0.712. The number of hydrogen-bond donors (Lipinski definition) is 2. The Kier molecular flexibility index (Phi) is 7.08. The largest absolute Gasteiger partial charge is 0.497 e. The van der Waals surface area contributed by atoms with E-state index < -0.39 is 11.9 Å². The summed E-state index contributed by atoms with van der Waals surface area (Å²) in [6, 6.07) is 17.0. The number of ether oxygens (including phenoxy) is 1. The highest BCUT2D eigenvalue weighted by Crippen LogP contribution is 2.22. The molecule has 0 radical (unpaired) electrons. The van der Waals surface area contributed by atoms with Crippen LogP contribution in [0.5, 0.6) is 5.75 Å². The van der Waals surface area contributed by atoms with Crippen molar-refractivity contribution in [3.63, 3.8) is 0 Å². The molecular weight excluding hydrogens is 370 g/mol. The lowest BCUT2D eigenvalue weighted by molar-refractivity contribution is -0.144. The van der Waals surface area contributed by atoms with E-state index in [9.17, 15) is 14.7 Å². The fourth-order valence-corrected chi connectivity index (χ4v) is 3.49. The number of amides is 1. The van der Waals surface area contributed by atoms with Gasteiger partial charge in [0.15, 0.2) is 0 Å². The number of hydrogen-bond acceptors (Lipinski definition) is 5. The van der Waals surface area contributed by atoms with Crippen molar-refractivity contribution in [1.29, 1.82) is 0 Å². The van der Waals surface area contributed by atoms with Gasteiger partial charge >= 0.3 is 5.97 Å². The number of methoxy groups -OCH3 is 1. The molecule has 1 heterocycles. The van der Waals surface area contributed by atoms with E-state index in [4.69, 9.17) is 4.74 Å². The molecule has 1 aliphatic heterocycles. The Bertz CT molecular complexity index is 820. The topological polar surface area (TPSA) is 82.1 Å². The van der Waals surface area contributed by atoms with Crippen molar-refractivity contribution in [2.24, 2.45) is 5.92 Å². The zero-order valence-corrected chi connectivity index (χ0v) is 16.6. The number of nitrogens with one attached hydrogen (secondary N) is 1. The maximum absolute atomic E-state index is 12.3. The van der Waals surface area contributed by atoms with Crippen LogP contribution in [0, 0.1) is 5.92 Å². The van der Waals surface area contributed by atoms with Gasteiger partial charge in [-0.2, -0.15) is 0 Å². The Balaban J connectivity index is 1.51. The number of carboxylic acid groups (broad SMARTS) is 1. The van der Waals surface area contributed by atoms with Crippen molar-refractivity contribution in [3.05, 3.63) is 54.6 Å². The third kappa shape index (κ3) is 5.96. The van der Waals surface area contributed by atoms with E-state index >= 15 is 0 Å². The molecule has 1 fully saturated rings. The molecular formula is C22H27N3O4. The highest BCUT2D eigenvalue weighted by atomic mass is 16.5. The molecule has 2 N–H and O–H groups in total. The van der Waals surface area contributed by atoms with Gasteiger partial charge in [0.25, 0.3) is 0 Å². The Morgan fingerprint density at radius 2 is 1.79 bits per heavy atom. The molecule has 2 aromatic rings. The number of aliphatic carboxylic acids is 1. The average molecular weight is 397 g/mol. The van der Waals surface area contributed by atoms with E-state index in [-0.39, 0.29) is 12.3 Å². The van der Waals surface area contributed by atoms with Gasteiger partial charge in [-0.3, -0.25) is 14.5 Å². The molecule has 154 valence electrons. The van der Waals surface area contributed by atoms with Gasteiger partial charge in [-0.1, -0.05) is 24.3 Å². The Hall–Kier alpha value is -3.06.